The minimum atomic E-state index is -2.91. The standard InChI is InChI=1S/C21H26F2N2O4/c1-3-27-19-11-15(6-9-18(19)29-21(22)23)12-25(16-7-8-16)13-20(26)24-14(2)17-5-4-10-28-17/h4-6,9-11,14,16,21H,3,7-8,12-13H2,1-2H3,(H,24,26). The lowest BCUT2D eigenvalue weighted by atomic mass is 10.1. The van der Waals surface area contributed by atoms with Gasteiger partial charge in [-0.3, -0.25) is 9.69 Å². The van der Waals surface area contributed by atoms with E-state index in [2.05, 4.69) is 15.0 Å². The minimum Gasteiger partial charge on any atom is -0.490 e. The smallest absolute Gasteiger partial charge is 0.387 e. The maximum Gasteiger partial charge on any atom is 0.387 e. The number of amides is 1. The summed E-state index contributed by atoms with van der Waals surface area (Å²) in [7, 11) is 0. The van der Waals surface area contributed by atoms with Gasteiger partial charge in [-0.15, -0.1) is 0 Å². The average molecular weight is 408 g/mol. The first-order valence-electron chi connectivity index (χ1n) is 9.73. The molecule has 1 unspecified atom stereocenters. The molecule has 158 valence electrons. The quantitative estimate of drug-likeness (QED) is 0.606. The fourth-order valence-electron chi connectivity index (χ4n) is 3.18. The SMILES string of the molecule is CCOc1cc(CN(CC(=O)NC(C)c2ccco2)C2CC2)ccc1OC(F)F. The molecule has 1 heterocycles. The van der Waals surface area contributed by atoms with Crippen LogP contribution in [0, 0.1) is 0 Å². The highest BCUT2D eigenvalue weighted by Gasteiger charge is 2.31. The van der Waals surface area contributed by atoms with Gasteiger partial charge in [0.25, 0.3) is 0 Å². The first-order chi connectivity index (χ1) is 14.0. The molecule has 1 amide bonds. The van der Waals surface area contributed by atoms with Crippen LogP contribution < -0.4 is 14.8 Å². The molecule has 1 fully saturated rings. The van der Waals surface area contributed by atoms with Gasteiger partial charge < -0.3 is 19.2 Å². The van der Waals surface area contributed by atoms with E-state index in [1.54, 1.807) is 31.4 Å². The Kier molecular flexibility index (Phi) is 7.09. The van der Waals surface area contributed by atoms with Gasteiger partial charge >= 0.3 is 6.61 Å². The summed E-state index contributed by atoms with van der Waals surface area (Å²) in [5.41, 5.74) is 0.869. The van der Waals surface area contributed by atoms with Crippen molar-refractivity contribution in [2.75, 3.05) is 13.2 Å². The van der Waals surface area contributed by atoms with Crippen LogP contribution in [0.4, 0.5) is 8.78 Å². The molecule has 1 aliphatic rings. The van der Waals surface area contributed by atoms with Gasteiger partial charge in [0.2, 0.25) is 5.91 Å². The molecule has 0 spiro atoms. The molecular weight excluding hydrogens is 382 g/mol. The molecule has 1 saturated carbocycles. The molecule has 0 bridgehead atoms. The minimum absolute atomic E-state index is 0.00795. The summed E-state index contributed by atoms with van der Waals surface area (Å²) >= 11 is 0. The fourth-order valence-corrected chi connectivity index (χ4v) is 3.18. The lowest BCUT2D eigenvalue weighted by Crippen LogP contribution is -2.39. The number of halogens is 2. The average Bonchev–Trinajstić information content (AvgIpc) is 3.36. The van der Waals surface area contributed by atoms with Crippen LogP contribution in [-0.2, 0) is 11.3 Å². The van der Waals surface area contributed by atoms with Crippen LogP contribution in [0.2, 0.25) is 0 Å². The van der Waals surface area contributed by atoms with Gasteiger partial charge in [0.15, 0.2) is 11.5 Å². The van der Waals surface area contributed by atoms with Crippen molar-refractivity contribution in [2.24, 2.45) is 0 Å². The number of furan rings is 1. The molecular formula is C21H26F2N2O4. The monoisotopic (exact) mass is 408 g/mol. The predicted molar refractivity (Wildman–Crippen MR) is 103 cm³/mol. The third kappa shape index (κ3) is 6.19. The van der Waals surface area contributed by atoms with E-state index < -0.39 is 6.61 Å². The van der Waals surface area contributed by atoms with Crippen molar-refractivity contribution in [1.82, 2.24) is 10.2 Å². The molecule has 1 N–H and O–H groups in total. The molecule has 1 aromatic carbocycles. The molecule has 8 heteroatoms. The number of ether oxygens (including phenoxy) is 2. The Balaban J connectivity index is 1.64. The van der Waals surface area contributed by atoms with Crippen molar-refractivity contribution >= 4 is 5.91 Å². The molecule has 29 heavy (non-hydrogen) atoms. The summed E-state index contributed by atoms with van der Waals surface area (Å²) < 4.78 is 40.4. The van der Waals surface area contributed by atoms with Crippen molar-refractivity contribution in [1.29, 1.82) is 0 Å². The Labute approximate surface area is 168 Å². The molecule has 1 atom stereocenters. The van der Waals surface area contributed by atoms with Crippen LogP contribution in [0.15, 0.2) is 41.0 Å². The summed E-state index contributed by atoms with van der Waals surface area (Å²) in [6.45, 7) is 1.83. The number of hydrogen-bond acceptors (Lipinski definition) is 5. The van der Waals surface area contributed by atoms with E-state index in [1.165, 1.54) is 6.07 Å². The number of alkyl halides is 2. The number of nitrogens with zero attached hydrogens (tertiary/aromatic N) is 1. The number of nitrogens with one attached hydrogen (secondary N) is 1. The lowest BCUT2D eigenvalue weighted by Gasteiger charge is -2.23. The Morgan fingerprint density at radius 2 is 2.10 bits per heavy atom. The molecule has 1 aliphatic carbocycles. The van der Waals surface area contributed by atoms with Gasteiger partial charge in [0.1, 0.15) is 5.76 Å². The van der Waals surface area contributed by atoms with Crippen molar-refractivity contribution in [3.63, 3.8) is 0 Å². The van der Waals surface area contributed by atoms with Crippen molar-refractivity contribution in [3.05, 3.63) is 47.9 Å². The predicted octanol–water partition coefficient (Wildman–Crippen LogP) is 4.12. The van der Waals surface area contributed by atoms with Crippen LogP contribution in [-0.4, -0.2) is 36.6 Å². The number of carbonyl (C=O) groups is 1. The normalized spacial score (nSPS) is 14.8. The highest BCUT2D eigenvalue weighted by Crippen LogP contribution is 2.32. The third-order valence-corrected chi connectivity index (χ3v) is 4.67. The van der Waals surface area contributed by atoms with E-state index in [4.69, 9.17) is 9.15 Å². The highest BCUT2D eigenvalue weighted by molar-refractivity contribution is 5.78. The molecule has 1 aromatic heterocycles. The van der Waals surface area contributed by atoms with Crippen LogP contribution in [0.1, 0.15) is 44.1 Å². The first-order valence-corrected chi connectivity index (χ1v) is 9.73. The van der Waals surface area contributed by atoms with Gasteiger partial charge in [0.05, 0.1) is 25.5 Å². The second-order valence-corrected chi connectivity index (χ2v) is 7.03. The second-order valence-electron chi connectivity index (χ2n) is 7.03. The summed E-state index contributed by atoms with van der Waals surface area (Å²) in [4.78, 5) is 14.6. The van der Waals surface area contributed by atoms with E-state index in [1.807, 2.05) is 13.0 Å². The zero-order valence-corrected chi connectivity index (χ0v) is 16.6. The van der Waals surface area contributed by atoms with E-state index in [0.29, 0.717) is 25.0 Å². The molecule has 3 rings (SSSR count). The Hall–Kier alpha value is -2.61. The van der Waals surface area contributed by atoms with Crippen molar-refractivity contribution in [3.8, 4) is 11.5 Å². The van der Waals surface area contributed by atoms with Crippen LogP contribution in [0.25, 0.3) is 0 Å². The van der Waals surface area contributed by atoms with Gasteiger partial charge in [-0.05, 0) is 56.5 Å². The fraction of sp³-hybridized carbons (Fsp3) is 0.476. The summed E-state index contributed by atoms with van der Waals surface area (Å²) in [5.74, 6) is 0.890. The van der Waals surface area contributed by atoms with Crippen molar-refractivity contribution < 1.29 is 27.5 Å². The zero-order chi connectivity index (χ0) is 20.8. The second kappa shape index (κ2) is 9.73. The zero-order valence-electron chi connectivity index (χ0n) is 16.6. The summed E-state index contributed by atoms with van der Waals surface area (Å²) in [6, 6.07) is 8.63. The number of hydrogen-bond donors (Lipinski definition) is 1. The third-order valence-electron chi connectivity index (χ3n) is 4.67. The van der Waals surface area contributed by atoms with Gasteiger partial charge in [-0.2, -0.15) is 8.78 Å². The van der Waals surface area contributed by atoms with E-state index in [0.717, 1.165) is 18.4 Å². The van der Waals surface area contributed by atoms with Gasteiger partial charge in [-0.25, -0.2) is 0 Å². The Bertz CT molecular complexity index is 794. The van der Waals surface area contributed by atoms with E-state index >= 15 is 0 Å². The highest BCUT2D eigenvalue weighted by atomic mass is 19.3. The largest absolute Gasteiger partial charge is 0.490 e. The van der Waals surface area contributed by atoms with Crippen LogP contribution >= 0.6 is 0 Å². The topological polar surface area (TPSA) is 63.9 Å². The van der Waals surface area contributed by atoms with E-state index in [-0.39, 0.29) is 30.0 Å². The number of rotatable bonds is 11. The van der Waals surface area contributed by atoms with Crippen molar-refractivity contribution in [2.45, 2.75) is 51.9 Å². The van der Waals surface area contributed by atoms with Gasteiger partial charge in [-0.1, -0.05) is 6.07 Å². The number of carbonyl (C=O) groups excluding carboxylic acids is 1. The lowest BCUT2D eigenvalue weighted by molar-refractivity contribution is -0.123. The molecule has 2 aromatic rings. The summed E-state index contributed by atoms with van der Waals surface area (Å²) in [6.07, 6.45) is 3.64. The molecule has 6 nitrogen and oxygen atoms in total. The Morgan fingerprint density at radius 3 is 2.72 bits per heavy atom. The Morgan fingerprint density at radius 1 is 1.31 bits per heavy atom. The molecule has 0 aliphatic heterocycles. The number of benzene rings is 1. The summed E-state index contributed by atoms with van der Waals surface area (Å²) in [5, 5.41) is 2.94. The molecule has 0 saturated heterocycles. The van der Waals surface area contributed by atoms with Gasteiger partial charge in [0, 0.05) is 12.6 Å². The first kappa shape index (κ1) is 21.1. The van der Waals surface area contributed by atoms with E-state index in [9.17, 15) is 13.6 Å². The maximum atomic E-state index is 12.6. The molecule has 0 radical (unpaired) electrons. The maximum absolute atomic E-state index is 12.6. The van der Waals surface area contributed by atoms with Crippen LogP contribution in [0.3, 0.4) is 0 Å². The van der Waals surface area contributed by atoms with Crippen LogP contribution in [0.5, 0.6) is 11.5 Å².